The van der Waals surface area contributed by atoms with Crippen LogP contribution in [0.1, 0.15) is 22.3 Å². The topological polar surface area (TPSA) is 6.25 Å². The lowest BCUT2D eigenvalue weighted by Gasteiger charge is -2.16. The average Bonchev–Trinajstić information content (AvgIpc) is 3.46. The van der Waals surface area contributed by atoms with Crippen molar-refractivity contribution in [1.29, 1.82) is 0 Å². The molecule has 0 atom stereocenters. The van der Waals surface area contributed by atoms with Gasteiger partial charge in [0.2, 0.25) is 5.69 Å². The number of halogens is 1. The molecule has 0 radical (unpaired) electrons. The largest absolute Gasteiger partial charge is 0.347 e. The minimum absolute atomic E-state index is 0.838. The Morgan fingerprint density at radius 3 is 2.43 bits per heavy atom. The molecule has 2 heterocycles. The average molecular weight is 410 g/mol. The fourth-order valence-corrected chi connectivity index (χ4v) is 5.20. The summed E-state index contributed by atoms with van der Waals surface area (Å²) < 4.78 is 2.35. The number of rotatable bonds is 2. The van der Waals surface area contributed by atoms with Gasteiger partial charge >= 0.3 is 0 Å². The monoisotopic (exact) mass is 409 g/mol. The summed E-state index contributed by atoms with van der Waals surface area (Å²) in [6.45, 7) is 1.99. The van der Waals surface area contributed by atoms with Gasteiger partial charge in [-0.15, -0.1) is 0 Å². The summed E-state index contributed by atoms with van der Waals surface area (Å²) in [5.74, 6) is 0. The molecule has 0 spiro atoms. The van der Waals surface area contributed by atoms with Gasteiger partial charge in [0, 0.05) is 42.1 Å². The van der Waals surface area contributed by atoms with Crippen LogP contribution in [-0.4, -0.2) is 23.9 Å². The van der Waals surface area contributed by atoms with E-state index in [4.69, 9.17) is 11.6 Å². The van der Waals surface area contributed by atoms with E-state index in [1.54, 1.807) is 0 Å². The number of para-hydroxylation sites is 2. The van der Waals surface area contributed by atoms with Crippen LogP contribution in [0.25, 0.3) is 11.1 Å². The Labute approximate surface area is 182 Å². The number of allylic oxidation sites excluding steroid dienone is 3. The number of hydrogen-bond donors (Lipinski definition) is 0. The van der Waals surface area contributed by atoms with E-state index in [2.05, 4.69) is 94.7 Å². The van der Waals surface area contributed by atoms with Crippen molar-refractivity contribution >= 4 is 40.3 Å². The molecule has 3 aromatic rings. The molecule has 0 aromatic heterocycles. The highest BCUT2D eigenvalue weighted by Crippen LogP contribution is 2.44. The Bertz CT molecular complexity index is 1270. The lowest BCUT2D eigenvalue weighted by molar-refractivity contribution is -0.422. The normalized spacial score (nSPS) is 19.6. The van der Waals surface area contributed by atoms with Crippen molar-refractivity contribution in [3.63, 3.8) is 0 Å². The van der Waals surface area contributed by atoms with Crippen molar-refractivity contribution in [3.8, 4) is 0 Å². The first kappa shape index (κ1) is 17.7. The molecule has 0 bridgehead atoms. The van der Waals surface area contributed by atoms with E-state index in [1.165, 1.54) is 33.6 Å². The second-order valence-electron chi connectivity index (χ2n) is 8.09. The van der Waals surface area contributed by atoms with Gasteiger partial charge in [0.15, 0.2) is 12.8 Å². The summed E-state index contributed by atoms with van der Waals surface area (Å²) in [4.78, 5) is 2.35. The van der Waals surface area contributed by atoms with Gasteiger partial charge in [-0.3, -0.25) is 0 Å². The maximum absolute atomic E-state index is 7.05. The Balaban J connectivity index is 1.47. The molecular weight excluding hydrogens is 388 g/mol. The summed E-state index contributed by atoms with van der Waals surface area (Å²) in [5, 5.41) is 0.838. The summed E-state index contributed by atoms with van der Waals surface area (Å²) in [6.07, 6.45) is 6.64. The van der Waals surface area contributed by atoms with Crippen LogP contribution in [0.5, 0.6) is 0 Å². The summed E-state index contributed by atoms with van der Waals surface area (Å²) >= 11 is 7.05. The summed E-state index contributed by atoms with van der Waals surface area (Å²) in [7, 11) is 0. The molecule has 6 rings (SSSR count). The first-order valence-electron chi connectivity index (χ1n) is 10.6. The Morgan fingerprint density at radius 1 is 0.800 bits per heavy atom. The highest BCUT2D eigenvalue weighted by molar-refractivity contribution is 6.46. The molecule has 0 amide bonds. The quantitative estimate of drug-likeness (QED) is 0.469. The zero-order valence-electron chi connectivity index (χ0n) is 16.7. The second kappa shape index (κ2) is 7.00. The molecule has 1 aliphatic carbocycles. The molecule has 30 heavy (non-hydrogen) atoms. The van der Waals surface area contributed by atoms with Crippen LogP contribution >= 0.6 is 11.6 Å². The van der Waals surface area contributed by atoms with Gasteiger partial charge in [-0.2, -0.15) is 4.58 Å². The number of hydrogen-bond acceptors (Lipinski definition) is 1. The van der Waals surface area contributed by atoms with Gasteiger partial charge in [-0.25, -0.2) is 0 Å². The second-order valence-corrected chi connectivity index (χ2v) is 8.47. The van der Waals surface area contributed by atoms with Crippen LogP contribution in [0.2, 0.25) is 0 Å². The molecule has 0 saturated heterocycles. The van der Waals surface area contributed by atoms with E-state index in [1.807, 2.05) is 0 Å². The fourth-order valence-electron chi connectivity index (χ4n) is 4.89. The van der Waals surface area contributed by atoms with Crippen LogP contribution in [0.15, 0.2) is 84.0 Å². The Hall–Kier alpha value is -3.10. The van der Waals surface area contributed by atoms with Crippen molar-refractivity contribution in [2.24, 2.45) is 0 Å². The molecule has 0 saturated carbocycles. The highest BCUT2D eigenvalue weighted by Gasteiger charge is 2.30. The Kier molecular flexibility index (Phi) is 4.14. The van der Waals surface area contributed by atoms with Gasteiger partial charge in [0.1, 0.15) is 0 Å². The van der Waals surface area contributed by atoms with Crippen molar-refractivity contribution in [3.05, 3.63) is 106 Å². The number of anilines is 1. The van der Waals surface area contributed by atoms with E-state index < -0.39 is 0 Å². The van der Waals surface area contributed by atoms with Crippen molar-refractivity contribution in [2.45, 2.75) is 12.8 Å². The first-order valence-corrected chi connectivity index (χ1v) is 10.9. The summed E-state index contributed by atoms with van der Waals surface area (Å²) in [5.41, 5.74) is 10.0. The van der Waals surface area contributed by atoms with Gasteiger partial charge in [-0.1, -0.05) is 72.3 Å². The zero-order valence-corrected chi connectivity index (χ0v) is 17.4. The van der Waals surface area contributed by atoms with Gasteiger partial charge in [0.05, 0.1) is 10.6 Å². The number of fused-ring (bicyclic) bond motifs is 3. The molecule has 0 unspecified atom stereocenters. The van der Waals surface area contributed by atoms with E-state index in [0.717, 1.165) is 42.1 Å². The molecule has 0 fully saturated rings. The molecule has 2 aliphatic heterocycles. The van der Waals surface area contributed by atoms with Gasteiger partial charge in [0.25, 0.3) is 0 Å². The first-order chi connectivity index (χ1) is 14.8. The number of nitrogens with zero attached hydrogens (tertiary/aromatic N) is 2. The molecule has 3 heteroatoms. The van der Waals surface area contributed by atoms with Gasteiger partial charge in [-0.05, 0) is 29.2 Å². The molecule has 0 N–H and O–H groups in total. The molecule has 3 aliphatic rings. The predicted molar refractivity (Wildman–Crippen MR) is 126 cm³/mol. The van der Waals surface area contributed by atoms with Crippen LogP contribution < -0.4 is 4.90 Å². The standard InChI is InChI=1S/C27H22ClN2/c28-27-23(17-29-15-13-19-7-1-5-11-25(19)29)21-9-3-4-10-22(21)24(27)18-30-16-14-20-8-2-6-12-26(20)30/h1-12,17-18H,13-16H2/q+1. The predicted octanol–water partition coefficient (Wildman–Crippen LogP) is 6.02. The fraction of sp³-hybridized carbons (Fsp3) is 0.148. The maximum atomic E-state index is 7.05. The van der Waals surface area contributed by atoms with E-state index >= 15 is 0 Å². The van der Waals surface area contributed by atoms with Crippen LogP contribution in [0.3, 0.4) is 0 Å². The Morgan fingerprint density at radius 2 is 1.53 bits per heavy atom. The van der Waals surface area contributed by atoms with E-state index in [0.29, 0.717) is 0 Å². The van der Waals surface area contributed by atoms with Gasteiger partial charge < -0.3 is 4.90 Å². The third-order valence-corrected chi connectivity index (χ3v) is 6.80. The third kappa shape index (κ3) is 2.75. The number of benzene rings is 3. The SMILES string of the molecule is ClC1=C(/C=[N+]2\CCc3ccccc32)c2ccccc2/C1=C\N1CCc2ccccc21. The molecule has 2 nitrogen and oxygen atoms in total. The smallest absolute Gasteiger partial charge is 0.208 e. The third-order valence-electron chi connectivity index (χ3n) is 6.40. The lowest BCUT2D eigenvalue weighted by Crippen LogP contribution is -2.12. The minimum atomic E-state index is 0.838. The molecular formula is C27H22ClN2+. The lowest BCUT2D eigenvalue weighted by atomic mass is 10.0. The van der Waals surface area contributed by atoms with E-state index in [9.17, 15) is 0 Å². The van der Waals surface area contributed by atoms with Crippen molar-refractivity contribution < 1.29 is 4.58 Å². The maximum Gasteiger partial charge on any atom is 0.208 e. The minimum Gasteiger partial charge on any atom is -0.347 e. The molecule has 3 aromatic carbocycles. The van der Waals surface area contributed by atoms with E-state index in [-0.39, 0.29) is 0 Å². The van der Waals surface area contributed by atoms with Crippen LogP contribution in [-0.2, 0) is 12.8 Å². The van der Waals surface area contributed by atoms with Crippen molar-refractivity contribution in [2.75, 3.05) is 18.0 Å². The van der Waals surface area contributed by atoms with Crippen LogP contribution in [0.4, 0.5) is 11.4 Å². The zero-order chi connectivity index (χ0) is 20.1. The summed E-state index contributed by atoms with van der Waals surface area (Å²) in [6, 6.07) is 25.9. The van der Waals surface area contributed by atoms with Crippen molar-refractivity contribution in [1.82, 2.24) is 0 Å². The van der Waals surface area contributed by atoms with Crippen LogP contribution in [0, 0.1) is 0 Å². The highest BCUT2D eigenvalue weighted by atomic mass is 35.5. The molecule has 146 valence electrons.